The van der Waals surface area contributed by atoms with Gasteiger partial charge >= 0.3 is 5.97 Å². The van der Waals surface area contributed by atoms with E-state index in [1.165, 1.54) is 53.8 Å². The molecule has 2 amide bonds. The summed E-state index contributed by atoms with van der Waals surface area (Å²) in [7, 11) is 0. The predicted molar refractivity (Wildman–Crippen MR) is 167 cm³/mol. The van der Waals surface area contributed by atoms with E-state index < -0.39 is 27.9 Å². The minimum absolute atomic E-state index is 0.0989. The number of aromatic nitrogens is 3. The molecule has 5 rings (SSSR count). The van der Waals surface area contributed by atoms with Crippen molar-refractivity contribution in [3.8, 4) is 5.69 Å². The fourth-order valence-electron chi connectivity index (χ4n) is 4.89. The zero-order valence-corrected chi connectivity index (χ0v) is 26.2. The Balaban J connectivity index is 1.36. The molecule has 4 aromatic rings. The fraction of sp³-hybridized carbons (Fsp3) is 0.300. The van der Waals surface area contributed by atoms with Gasteiger partial charge < -0.3 is 15.4 Å². The van der Waals surface area contributed by atoms with E-state index in [1.807, 2.05) is 0 Å². The lowest BCUT2D eigenvalue weighted by atomic mass is 10.1. The lowest BCUT2D eigenvalue weighted by Gasteiger charge is -2.14. The van der Waals surface area contributed by atoms with Crippen molar-refractivity contribution in [1.82, 2.24) is 20.1 Å². The Morgan fingerprint density at radius 2 is 1.93 bits per heavy atom. The first kappa shape index (κ1) is 31.8. The lowest BCUT2D eigenvalue weighted by Crippen LogP contribution is -2.25. The number of hydrogen-bond acceptors (Lipinski definition) is 10. The standard InChI is InChI=1S/C30H29FN6O6S2/c1-4-43-29(40)25-21-6-5-7-23(21)45-28(25)33-26(38)17(3)44-30-35-34-24(36(30)20-12-10-19(31)11-13-20)15-32-27(39)18-9-8-16(2)22(14-18)37(41)42/h8-14,17H,4-7,15H2,1-3H3,(H,32,39)(H,33,38)/t17-/m0/s1. The number of rotatable bonds is 11. The van der Waals surface area contributed by atoms with E-state index in [9.17, 15) is 28.9 Å². The van der Waals surface area contributed by atoms with Crippen LogP contribution in [0.3, 0.4) is 0 Å². The minimum atomic E-state index is -0.698. The number of nitrogens with one attached hydrogen (secondary N) is 2. The molecule has 0 aliphatic heterocycles. The molecule has 1 aliphatic carbocycles. The molecular formula is C30H29FN6O6S2. The van der Waals surface area contributed by atoms with Crippen molar-refractivity contribution < 1.29 is 28.4 Å². The van der Waals surface area contributed by atoms with Crippen molar-refractivity contribution >= 4 is 51.6 Å². The molecular weight excluding hydrogens is 623 g/mol. The largest absolute Gasteiger partial charge is 0.462 e. The highest BCUT2D eigenvalue weighted by Gasteiger charge is 2.30. The van der Waals surface area contributed by atoms with Crippen molar-refractivity contribution in [3.63, 3.8) is 0 Å². The topological polar surface area (TPSA) is 158 Å². The Morgan fingerprint density at radius 1 is 1.18 bits per heavy atom. The molecule has 2 aromatic heterocycles. The molecule has 2 heterocycles. The van der Waals surface area contributed by atoms with Crippen LogP contribution >= 0.6 is 23.1 Å². The zero-order chi connectivity index (χ0) is 32.2. The van der Waals surface area contributed by atoms with Crippen LogP contribution < -0.4 is 10.6 Å². The van der Waals surface area contributed by atoms with Crippen LogP contribution in [-0.2, 0) is 28.9 Å². The highest BCUT2D eigenvalue weighted by atomic mass is 32.2. The van der Waals surface area contributed by atoms with Gasteiger partial charge in [-0.05, 0) is 75.9 Å². The second-order valence-corrected chi connectivity index (χ2v) is 12.6. The number of halogens is 1. The van der Waals surface area contributed by atoms with E-state index in [0.717, 1.165) is 41.5 Å². The number of nitro benzene ring substituents is 1. The Kier molecular flexibility index (Phi) is 9.58. The van der Waals surface area contributed by atoms with Crippen LogP contribution in [0.15, 0.2) is 47.6 Å². The summed E-state index contributed by atoms with van der Waals surface area (Å²) in [6.45, 7) is 5.09. The fourth-order valence-corrected chi connectivity index (χ4v) is 7.05. The number of ether oxygens (including phenoxy) is 1. The van der Waals surface area contributed by atoms with Crippen LogP contribution in [0.1, 0.15) is 62.8 Å². The van der Waals surface area contributed by atoms with Crippen LogP contribution in [-0.4, -0.2) is 49.3 Å². The summed E-state index contributed by atoms with van der Waals surface area (Å²) < 4.78 is 20.6. The van der Waals surface area contributed by atoms with Gasteiger partial charge in [0, 0.05) is 27.8 Å². The number of thioether (sulfide) groups is 1. The predicted octanol–water partition coefficient (Wildman–Crippen LogP) is 5.40. The highest BCUT2D eigenvalue weighted by Crippen LogP contribution is 2.40. The number of nitro groups is 1. The van der Waals surface area contributed by atoms with Gasteiger partial charge in [0.2, 0.25) is 5.91 Å². The van der Waals surface area contributed by atoms with Crippen LogP contribution in [0.25, 0.3) is 5.69 Å². The number of carbonyl (C=O) groups excluding carboxylic acids is 3. The quantitative estimate of drug-likeness (QED) is 0.0937. The van der Waals surface area contributed by atoms with Gasteiger partial charge in [0.05, 0.1) is 28.9 Å². The summed E-state index contributed by atoms with van der Waals surface area (Å²) in [5.74, 6) is -1.56. The van der Waals surface area contributed by atoms with Crippen LogP contribution in [0, 0.1) is 22.9 Å². The second-order valence-electron chi connectivity index (χ2n) is 10.2. The molecule has 0 radical (unpaired) electrons. The van der Waals surface area contributed by atoms with Gasteiger partial charge in [0.1, 0.15) is 10.8 Å². The molecule has 0 saturated heterocycles. The van der Waals surface area contributed by atoms with Crippen molar-refractivity contribution in [1.29, 1.82) is 0 Å². The molecule has 0 spiro atoms. The normalized spacial score (nSPS) is 12.8. The van der Waals surface area contributed by atoms with Crippen LogP contribution in [0.5, 0.6) is 0 Å². The molecule has 1 atom stereocenters. The number of thiophene rings is 1. The van der Waals surface area contributed by atoms with Gasteiger partial charge in [0.25, 0.3) is 11.6 Å². The average Bonchev–Trinajstić information content (AvgIpc) is 3.71. The maximum absolute atomic E-state index is 13.8. The number of hydrogen-bond donors (Lipinski definition) is 2. The van der Waals surface area contributed by atoms with E-state index >= 15 is 0 Å². The molecule has 15 heteroatoms. The summed E-state index contributed by atoms with van der Waals surface area (Å²) in [6.07, 6.45) is 2.54. The Labute approximate surface area is 265 Å². The number of nitrogens with zero attached hydrogens (tertiary/aromatic N) is 4. The van der Waals surface area contributed by atoms with Crippen molar-refractivity contribution in [3.05, 3.63) is 91.4 Å². The number of carbonyl (C=O) groups is 3. The monoisotopic (exact) mass is 652 g/mol. The maximum atomic E-state index is 13.8. The van der Waals surface area contributed by atoms with Gasteiger partial charge in [-0.25, -0.2) is 9.18 Å². The van der Waals surface area contributed by atoms with Gasteiger partial charge in [0.15, 0.2) is 11.0 Å². The van der Waals surface area contributed by atoms with Crippen LogP contribution in [0.4, 0.5) is 15.1 Å². The molecule has 0 fully saturated rings. The molecule has 2 aromatic carbocycles. The number of benzene rings is 2. The summed E-state index contributed by atoms with van der Waals surface area (Å²) in [6, 6.07) is 9.74. The van der Waals surface area contributed by atoms with Crippen molar-refractivity contribution in [2.75, 3.05) is 11.9 Å². The molecule has 2 N–H and O–H groups in total. The van der Waals surface area contributed by atoms with Crippen molar-refractivity contribution in [2.24, 2.45) is 0 Å². The number of esters is 1. The molecule has 0 saturated carbocycles. The van der Waals surface area contributed by atoms with Crippen LogP contribution in [0.2, 0.25) is 0 Å². The molecule has 1 aliphatic rings. The Bertz CT molecular complexity index is 1790. The first-order chi connectivity index (χ1) is 21.6. The SMILES string of the molecule is CCOC(=O)c1c(NC(=O)[C@H](C)Sc2nnc(CNC(=O)c3ccc(C)c([N+](=O)[O-])c3)n2-c2ccc(F)cc2)sc2c1CCC2. The van der Waals surface area contributed by atoms with E-state index in [1.54, 1.807) is 25.3 Å². The number of aryl methyl sites for hydroxylation is 2. The number of anilines is 1. The smallest absolute Gasteiger partial charge is 0.341 e. The van der Waals surface area contributed by atoms with Gasteiger partial charge in [-0.3, -0.25) is 24.3 Å². The van der Waals surface area contributed by atoms with E-state index in [4.69, 9.17) is 4.74 Å². The van der Waals surface area contributed by atoms with E-state index in [-0.39, 0.29) is 36.1 Å². The first-order valence-corrected chi connectivity index (χ1v) is 15.8. The third kappa shape index (κ3) is 6.88. The number of amides is 2. The molecule has 0 unspecified atom stereocenters. The summed E-state index contributed by atoms with van der Waals surface area (Å²) >= 11 is 2.48. The average molecular weight is 653 g/mol. The van der Waals surface area contributed by atoms with Gasteiger partial charge in [-0.15, -0.1) is 21.5 Å². The van der Waals surface area contributed by atoms with E-state index in [0.29, 0.717) is 27.0 Å². The molecule has 45 heavy (non-hydrogen) atoms. The molecule has 12 nitrogen and oxygen atoms in total. The molecule has 234 valence electrons. The summed E-state index contributed by atoms with van der Waals surface area (Å²) in [5.41, 5.74) is 2.17. The lowest BCUT2D eigenvalue weighted by molar-refractivity contribution is -0.385. The summed E-state index contributed by atoms with van der Waals surface area (Å²) in [4.78, 5) is 50.8. The van der Waals surface area contributed by atoms with E-state index in [2.05, 4.69) is 20.8 Å². The number of fused-ring (bicyclic) bond motifs is 1. The zero-order valence-electron chi connectivity index (χ0n) is 24.6. The highest BCUT2D eigenvalue weighted by molar-refractivity contribution is 8.00. The third-order valence-electron chi connectivity index (χ3n) is 7.15. The minimum Gasteiger partial charge on any atom is -0.462 e. The molecule has 0 bridgehead atoms. The summed E-state index contributed by atoms with van der Waals surface area (Å²) in [5, 5.41) is 25.4. The first-order valence-electron chi connectivity index (χ1n) is 14.1. The third-order valence-corrected chi connectivity index (χ3v) is 9.40. The van der Waals surface area contributed by atoms with Gasteiger partial charge in [-0.2, -0.15) is 0 Å². The Morgan fingerprint density at radius 3 is 2.64 bits per heavy atom. The Hall–Kier alpha value is -4.63. The second kappa shape index (κ2) is 13.6. The maximum Gasteiger partial charge on any atom is 0.341 e. The van der Waals surface area contributed by atoms with Crippen molar-refractivity contribution in [2.45, 2.75) is 57.0 Å². The van der Waals surface area contributed by atoms with Gasteiger partial charge in [-0.1, -0.05) is 17.8 Å².